The lowest BCUT2D eigenvalue weighted by molar-refractivity contribution is 0.178. The Bertz CT molecular complexity index is 359. The molecule has 18 heavy (non-hydrogen) atoms. The highest BCUT2D eigenvalue weighted by Gasteiger charge is 2.19. The lowest BCUT2D eigenvalue weighted by Gasteiger charge is -2.31. The van der Waals surface area contributed by atoms with Crippen LogP contribution in [0, 0.1) is 11.7 Å². The highest BCUT2D eigenvalue weighted by Crippen LogP contribution is 2.23. The molecule has 0 aliphatic carbocycles. The first kappa shape index (κ1) is 15.7. The number of likely N-dealkylation sites (tertiary alicyclic amines) is 1. The lowest BCUT2D eigenvalue weighted by atomic mass is 9.97. The van der Waals surface area contributed by atoms with Gasteiger partial charge in [-0.15, -0.1) is 12.4 Å². The minimum absolute atomic E-state index is 0. The molecule has 0 unspecified atom stereocenters. The molecule has 0 bridgehead atoms. The molecule has 0 saturated carbocycles. The second-order valence-corrected chi connectivity index (χ2v) is 5.06. The SMILES string of the molecule is Cl.NCC1CCN(Cc2c(F)cccc2Cl)CC1. The average molecular weight is 293 g/mol. The summed E-state index contributed by atoms with van der Waals surface area (Å²) in [5.41, 5.74) is 6.26. The summed E-state index contributed by atoms with van der Waals surface area (Å²) in [7, 11) is 0. The van der Waals surface area contributed by atoms with Gasteiger partial charge in [0, 0.05) is 17.1 Å². The maximum atomic E-state index is 13.6. The third-order valence-corrected chi connectivity index (χ3v) is 3.84. The van der Waals surface area contributed by atoms with Crippen LogP contribution >= 0.6 is 24.0 Å². The minimum Gasteiger partial charge on any atom is -0.330 e. The molecule has 1 aromatic carbocycles. The Morgan fingerprint density at radius 3 is 2.56 bits per heavy atom. The Morgan fingerprint density at radius 1 is 1.33 bits per heavy atom. The summed E-state index contributed by atoms with van der Waals surface area (Å²) >= 11 is 6.02. The fraction of sp³-hybridized carbons (Fsp3) is 0.538. The number of nitrogens with two attached hydrogens (primary N) is 1. The first-order chi connectivity index (χ1) is 8.20. The van der Waals surface area contributed by atoms with Gasteiger partial charge in [-0.05, 0) is 50.5 Å². The zero-order chi connectivity index (χ0) is 12.3. The Balaban J connectivity index is 0.00000162. The monoisotopic (exact) mass is 292 g/mol. The Kier molecular flexibility index (Phi) is 6.36. The van der Waals surface area contributed by atoms with Gasteiger partial charge in [-0.1, -0.05) is 17.7 Å². The Hall–Kier alpha value is -0.350. The van der Waals surface area contributed by atoms with Crippen molar-refractivity contribution in [2.75, 3.05) is 19.6 Å². The van der Waals surface area contributed by atoms with Crippen LogP contribution in [0.1, 0.15) is 18.4 Å². The summed E-state index contributed by atoms with van der Waals surface area (Å²) in [5, 5.41) is 0.519. The van der Waals surface area contributed by atoms with Crippen LogP contribution in [0.15, 0.2) is 18.2 Å². The van der Waals surface area contributed by atoms with E-state index >= 15 is 0 Å². The van der Waals surface area contributed by atoms with Gasteiger partial charge in [-0.2, -0.15) is 0 Å². The van der Waals surface area contributed by atoms with Crippen LogP contribution in [0.5, 0.6) is 0 Å². The fourth-order valence-corrected chi connectivity index (χ4v) is 2.51. The van der Waals surface area contributed by atoms with Gasteiger partial charge in [0.05, 0.1) is 0 Å². The molecule has 2 N–H and O–H groups in total. The topological polar surface area (TPSA) is 29.3 Å². The normalized spacial score (nSPS) is 17.5. The number of halogens is 3. The van der Waals surface area contributed by atoms with Crippen LogP contribution in [-0.2, 0) is 6.54 Å². The molecule has 102 valence electrons. The molecular formula is C13H19Cl2FN2. The minimum atomic E-state index is -0.210. The molecule has 0 atom stereocenters. The summed E-state index contributed by atoms with van der Waals surface area (Å²) in [4.78, 5) is 2.25. The van der Waals surface area contributed by atoms with Crippen molar-refractivity contribution in [3.05, 3.63) is 34.6 Å². The molecule has 1 aromatic rings. The van der Waals surface area contributed by atoms with E-state index in [4.69, 9.17) is 17.3 Å². The van der Waals surface area contributed by atoms with Crippen molar-refractivity contribution in [3.63, 3.8) is 0 Å². The highest BCUT2D eigenvalue weighted by atomic mass is 35.5. The van der Waals surface area contributed by atoms with E-state index in [1.165, 1.54) is 6.07 Å². The van der Waals surface area contributed by atoms with Gasteiger partial charge < -0.3 is 5.73 Å². The van der Waals surface area contributed by atoms with Crippen LogP contribution in [0.3, 0.4) is 0 Å². The summed E-state index contributed by atoms with van der Waals surface area (Å²) in [6.45, 7) is 3.32. The lowest BCUT2D eigenvalue weighted by Crippen LogP contribution is -2.35. The molecule has 1 fully saturated rings. The van der Waals surface area contributed by atoms with Crippen molar-refractivity contribution in [1.29, 1.82) is 0 Å². The molecule has 1 aliphatic heterocycles. The molecule has 0 amide bonds. The second-order valence-electron chi connectivity index (χ2n) is 4.66. The third-order valence-electron chi connectivity index (χ3n) is 3.48. The molecular weight excluding hydrogens is 274 g/mol. The summed E-state index contributed by atoms with van der Waals surface area (Å²) in [5.74, 6) is 0.417. The van der Waals surface area contributed by atoms with Crippen molar-refractivity contribution in [2.24, 2.45) is 11.7 Å². The van der Waals surface area contributed by atoms with Crippen molar-refractivity contribution < 1.29 is 4.39 Å². The standard InChI is InChI=1S/C13H18ClFN2.ClH/c14-12-2-1-3-13(15)11(12)9-17-6-4-10(8-16)5-7-17;/h1-3,10H,4-9,16H2;1H. The van der Waals surface area contributed by atoms with Crippen LogP contribution in [0.4, 0.5) is 4.39 Å². The number of benzene rings is 1. The average Bonchev–Trinajstić information content (AvgIpc) is 2.35. The van der Waals surface area contributed by atoms with Gasteiger partial charge in [0.25, 0.3) is 0 Å². The highest BCUT2D eigenvalue weighted by molar-refractivity contribution is 6.31. The maximum Gasteiger partial charge on any atom is 0.129 e. The van der Waals surface area contributed by atoms with E-state index in [0.29, 0.717) is 23.0 Å². The molecule has 0 spiro atoms. The van der Waals surface area contributed by atoms with E-state index in [1.54, 1.807) is 12.1 Å². The number of hydrogen-bond acceptors (Lipinski definition) is 2. The number of piperidine rings is 1. The van der Waals surface area contributed by atoms with Crippen molar-refractivity contribution in [3.8, 4) is 0 Å². The zero-order valence-corrected chi connectivity index (χ0v) is 11.8. The smallest absolute Gasteiger partial charge is 0.129 e. The predicted molar refractivity (Wildman–Crippen MR) is 75.7 cm³/mol. The molecule has 5 heteroatoms. The van der Waals surface area contributed by atoms with Gasteiger partial charge in [0.2, 0.25) is 0 Å². The fourth-order valence-electron chi connectivity index (χ4n) is 2.29. The van der Waals surface area contributed by atoms with Crippen LogP contribution in [-0.4, -0.2) is 24.5 Å². The molecule has 1 heterocycles. The van der Waals surface area contributed by atoms with E-state index in [0.717, 1.165) is 32.5 Å². The van der Waals surface area contributed by atoms with Crippen molar-refractivity contribution in [1.82, 2.24) is 4.90 Å². The van der Waals surface area contributed by atoms with E-state index < -0.39 is 0 Å². The number of hydrogen-bond donors (Lipinski definition) is 1. The Labute approximate surface area is 119 Å². The molecule has 1 saturated heterocycles. The predicted octanol–water partition coefficient (Wildman–Crippen LogP) is 3.07. The third kappa shape index (κ3) is 3.82. The van der Waals surface area contributed by atoms with Crippen molar-refractivity contribution >= 4 is 24.0 Å². The van der Waals surface area contributed by atoms with Crippen molar-refractivity contribution in [2.45, 2.75) is 19.4 Å². The molecule has 2 rings (SSSR count). The largest absolute Gasteiger partial charge is 0.330 e. The molecule has 1 aliphatic rings. The van der Waals surface area contributed by atoms with Crippen LogP contribution in [0.25, 0.3) is 0 Å². The molecule has 2 nitrogen and oxygen atoms in total. The first-order valence-corrected chi connectivity index (χ1v) is 6.44. The van der Waals surface area contributed by atoms with Gasteiger partial charge in [0.1, 0.15) is 5.82 Å². The van der Waals surface area contributed by atoms with Gasteiger partial charge in [0.15, 0.2) is 0 Å². The van der Waals surface area contributed by atoms with Crippen LogP contribution in [0.2, 0.25) is 5.02 Å². The zero-order valence-electron chi connectivity index (χ0n) is 10.2. The maximum absolute atomic E-state index is 13.6. The van der Waals surface area contributed by atoms with Gasteiger partial charge >= 0.3 is 0 Å². The molecule has 0 radical (unpaired) electrons. The summed E-state index contributed by atoms with van der Waals surface area (Å²) in [6, 6.07) is 4.85. The number of rotatable bonds is 3. The van der Waals surface area contributed by atoms with Crippen LogP contribution < -0.4 is 5.73 Å². The Morgan fingerprint density at radius 2 is 2.00 bits per heavy atom. The van der Waals surface area contributed by atoms with E-state index in [1.807, 2.05) is 0 Å². The van der Waals surface area contributed by atoms with E-state index in [-0.39, 0.29) is 18.2 Å². The summed E-state index contributed by atoms with van der Waals surface area (Å²) in [6.07, 6.45) is 2.20. The van der Waals surface area contributed by atoms with E-state index in [2.05, 4.69) is 4.90 Å². The summed E-state index contributed by atoms with van der Waals surface area (Å²) < 4.78 is 13.6. The van der Waals surface area contributed by atoms with Gasteiger partial charge in [-0.3, -0.25) is 4.90 Å². The van der Waals surface area contributed by atoms with Gasteiger partial charge in [-0.25, -0.2) is 4.39 Å². The number of nitrogens with zero attached hydrogens (tertiary/aromatic N) is 1. The van der Waals surface area contributed by atoms with E-state index in [9.17, 15) is 4.39 Å². The molecule has 0 aromatic heterocycles. The first-order valence-electron chi connectivity index (χ1n) is 6.06. The second kappa shape index (κ2) is 7.29. The quantitative estimate of drug-likeness (QED) is 0.928.